The second-order valence-corrected chi connectivity index (χ2v) is 33.5. The van der Waals surface area contributed by atoms with Crippen LogP contribution in [0, 0.1) is 23.7 Å². The van der Waals surface area contributed by atoms with Gasteiger partial charge in [0.2, 0.25) is 0 Å². The molecule has 0 aromatic carbocycles. The summed E-state index contributed by atoms with van der Waals surface area (Å²) in [5.41, 5.74) is 0. The van der Waals surface area contributed by atoms with E-state index in [0.717, 1.165) is 120 Å². The quantitative estimate of drug-likeness (QED) is 0.0222. The zero-order valence-electron chi connectivity index (χ0n) is 65.8. The first-order valence-electron chi connectivity index (χ1n) is 41.8. The van der Waals surface area contributed by atoms with Gasteiger partial charge in [0.15, 0.2) is 12.2 Å². The normalized spacial score (nSPS) is 14.6. The summed E-state index contributed by atoms with van der Waals surface area (Å²) >= 11 is 0. The predicted octanol–water partition coefficient (Wildman–Crippen LogP) is 24.0. The minimum absolute atomic E-state index is 0.107. The highest BCUT2D eigenvalue weighted by Crippen LogP contribution is 2.45. The van der Waals surface area contributed by atoms with Crippen LogP contribution in [0.4, 0.5) is 0 Å². The minimum atomic E-state index is -4.96. The Morgan fingerprint density at radius 3 is 0.710 bits per heavy atom. The summed E-state index contributed by atoms with van der Waals surface area (Å²) in [6, 6.07) is 0. The molecule has 7 atom stereocenters. The topological polar surface area (TPSA) is 237 Å². The number of phosphoric acid groups is 2. The van der Waals surface area contributed by atoms with Crippen molar-refractivity contribution in [2.75, 3.05) is 39.6 Å². The second kappa shape index (κ2) is 70.1. The van der Waals surface area contributed by atoms with Crippen LogP contribution < -0.4 is 0 Å². The zero-order valence-corrected chi connectivity index (χ0v) is 67.6. The second-order valence-electron chi connectivity index (χ2n) is 30.6. The average molecular weight is 1470 g/mol. The number of carbonyl (C=O) groups excluding carboxylic acids is 4. The molecular formula is C81H158O17P2. The molecule has 0 saturated heterocycles. The van der Waals surface area contributed by atoms with Crippen LogP contribution in [0.2, 0.25) is 0 Å². The molecule has 17 nitrogen and oxygen atoms in total. The van der Waals surface area contributed by atoms with Crippen LogP contribution in [-0.4, -0.2) is 96.7 Å². The number of carbonyl (C=O) groups is 4. The van der Waals surface area contributed by atoms with Crippen molar-refractivity contribution in [2.24, 2.45) is 23.7 Å². The Labute approximate surface area is 613 Å². The lowest BCUT2D eigenvalue weighted by Crippen LogP contribution is -2.30. The molecule has 3 N–H and O–H groups in total. The Morgan fingerprint density at radius 2 is 0.480 bits per heavy atom. The molecule has 0 aliphatic carbocycles. The molecular weight excluding hydrogens is 1310 g/mol. The summed E-state index contributed by atoms with van der Waals surface area (Å²) in [4.78, 5) is 73.0. The van der Waals surface area contributed by atoms with Crippen LogP contribution in [0.3, 0.4) is 0 Å². The standard InChI is InChI=1S/C81H158O17P2/c1-9-73(7)59-51-43-35-28-24-20-17-18-22-26-30-38-48-56-63-80(85)97-76(67-91-78(83)61-53-45-36-32-31-34-42-50-58-72(5)6)69-95-99(87,88)93-65-75(82)66-94-100(89,90)96-70-77(68-92-79(84)62-54-46-40-39-44-52-60-74(8)10-2)98-81(86)64-55-47-37-29-25-21-16-14-12-11-13-15-19-23-27-33-41-49-57-71(3)4/h71-77,82H,9-70H2,1-8H3,(H,87,88)(H,89,90)/t73?,74?,75-,76-,77-/m1/s1. The van der Waals surface area contributed by atoms with Crippen LogP contribution in [0.1, 0.15) is 415 Å². The maximum absolute atomic E-state index is 13.1. The smallest absolute Gasteiger partial charge is 0.462 e. The summed E-state index contributed by atoms with van der Waals surface area (Å²) in [7, 11) is -9.92. The third-order valence-corrected chi connectivity index (χ3v) is 21.4. The molecule has 0 rings (SSSR count). The SMILES string of the molecule is CCC(C)CCCCCCCCCCCCCCCCC(=O)O[C@H](COC(=O)CCCCCCCCCCC(C)C)COP(=O)(O)OC[C@@H](O)COP(=O)(O)OC[C@@H](COC(=O)CCCCCCCCC(C)CC)OC(=O)CCCCCCCCCCCCCCCCCCCCC(C)C. The Balaban J connectivity index is 5.19. The van der Waals surface area contributed by atoms with Gasteiger partial charge in [0.25, 0.3) is 0 Å². The molecule has 0 aromatic rings. The summed E-state index contributed by atoms with van der Waals surface area (Å²) in [5, 5.41) is 10.6. The van der Waals surface area contributed by atoms with Gasteiger partial charge in [-0.15, -0.1) is 0 Å². The van der Waals surface area contributed by atoms with E-state index < -0.39 is 97.5 Å². The van der Waals surface area contributed by atoms with E-state index in [1.54, 1.807) is 0 Å². The fourth-order valence-electron chi connectivity index (χ4n) is 12.4. The summed E-state index contributed by atoms with van der Waals surface area (Å²) < 4.78 is 68.7. The first-order chi connectivity index (χ1) is 48.2. The predicted molar refractivity (Wildman–Crippen MR) is 409 cm³/mol. The first-order valence-corrected chi connectivity index (χ1v) is 44.8. The van der Waals surface area contributed by atoms with Crippen molar-refractivity contribution < 1.29 is 80.2 Å². The molecule has 594 valence electrons. The number of esters is 4. The van der Waals surface area contributed by atoms with Gasteiger partial charge in [-0.05, 0) is 49.4 Å². The number of ether oxygens (including phenoxy) is 4. The van der Waals surface area contributed by atoms with Gasteiger partial charge in [-0.2, -0.15) is 0 Å². The maximum atomic E-state index is 13.1. The van der Waals surface area contributed by atoms with Crippen LogP contribution in [0.15, 0.2) is 0 Å². The van der Waals surface area contributed by atoms with Crippen LogP contribution in [0.25, 0.3) is 0 Å². The van der Waals surface area contributed by atoms with Gasteiger partial charge in [-0.3, -0.25) is 37.3 Å². The van der Waals surface area contributed by atoms with Crippen LogP contribution in [0.5, 0.6) is 0 Å². The van der Waals surface area contributed by atoms with Gasteiger partial charge < -0.3 is 33.8 Å². The van der Waals surface area contributed by atoms with Gasteiger partial charge >= 0.3 is 39.5 Å². The summed E-state index contributed by atoms with van der Waals surface area (Å²) in [5.74, 6) is 1.01. The van der Waals surface area contributed by atoms with E-state index in [1.165, 1.54) is 212 Å². The number of phosphoric ester groups is 2. The van der Waals surface area contributed by atoms with Crippen molar-refractivity contribution in [2.45, 2.75) is 433 Å². The van der Waals surface area contributed by atoms with Gasteiger partial charge in [-0.25, -0.2) is 9.13 Å². The highest BCUT2D eigenvalue weighted by Gasteiger charge is 2.30. The van der Waals surface area contributed by atoms with Crippen molar-refractivity contribution in [3.8, 4) is 0 Å². The van der Waals surface area contributed by atoms with Crippen molar-refractivity contribution in [3.05, 3.63) is 0 Å². The van der Waals surface area contributed by atoms with E-state index >= 15 is 0 Å². The Bertz CT molecular complexity index is 1960. The van der Waals surface area contributed by atoms with Gasteiger partial charge in [0.1, 0.15) is 19.3 Å². The molecule has 0 amide bonds. The third kappa shape index (κ3) is 71.7. The minimum Gasteiger partial charge on any atom is -0.462 e. The number of rotatable bonds is 78. The molecule has 0 saturated carbocycles. The summed E-state index contributed by atoms with van der Waals surface area (Å²) in [6.07, 6.45) is 57.0. The highest BCUT2D eigenvalue weighted by molar-refractivity contribution is 7.47. The van der Waals surface area contributed by atoms with Crippen molar-refractivity contribution in [1.29, 1.82) is 0 Å². The van der Waals surface area contributed by atoms with Crippen LogP contribution in [-0.2, 0) is 65.4 Å². The fourth-order valence-corrected chi connectivity index (χ4v) is 13.9. The number of hydrogen-bond acceptors (Lipinski definition) is 15. The van der Waals surface area contributed by atoms with Gasteiger partial charge in [0, 0.05) is 25.7 Å². The number of aliphatic hydroxyl groups is 1. The van der Waals surface area contributed by atoms with E-state index in [9.17, 15) is 43.2 Å². The van der Waals surface area contributed by atoms with E-state index in [1.807, 2.05) is 0 Å². The largest absolute Gasteiger partial charge is 0.472 e. The molecule has 4 unspecified atom stereocenters. The average Bonchev–Trinajstić information content (AvgIpc) is 0.977. The third-order valence-electron chi connectivity index (χ3n) is 19.5. The van der Waals surface area contributed by atoms with Crippen molar-refractivity contribution >= 4 is 39.5 Å². The van der Waals surface area contributed by atoms with Crippen LogP contribution >= 0.6 is 15.6 Å². The Kier molecular flexibility index (Phi) is 68.7. The fraction of sp³-hybridized carbons (Fsp3) is 0.951. The van der Waals surface area contributed by atoms with E-state index in [2.05, 4.69) is 55.4 Å². The van der Waals surface area contributed by atoms with E-state index in [-0.39, 0.29) is 25.7 Å². The molecule has 0 aliphatic rings. The summed E-state index contributed by atoms with van der Waals surface area (Å²) in [6.45, 7) is 14.3. The lowest BCUT2D eigenvalue weighted by molar-refractivity contribution is -0.161. The van der Waals surface area contributed by atoms with Crippen molar-refractivity contribution in [1.82, 2.24) is 0 Å². The molecule has 0 fully saturated rings. The molecule has 0 heterocycles. The monoisotopic (exact) mass is 1470 g/mol. The molecule has 0 radical (unpaired) electrons. The van der Waals surface area contributed by atoms with Crippen molar-refractivity contribution in [3.63, 3.8) is 0 Å². The Morgan fingerprint density at radius 1 is 0.280 bits per heavy atom. The molecule has 19 heteroatoms. The molecule has 100 heavy (non-hydrogen) atoms. The van der Waals surface area contributed by atoms with Gasteiger partial charge in [-0.1, -0.05) is 364 Å². The molecule has 0 aromatic heterocycles. The molecule has 0 spiro atoms. The van der Waals surface area contributed by atoms with Gasteiger partial charge in [0.05, 0.1) is 26.4 Å². The zero-order chi connectivity index (χ0) is 73.8. The molecule has 0 aliphatic heterocycles. The van der Waals surface area contributed by atoms with E-state index in [4.69, 9.17) is 37.0 Å². The number of hydrogen-bond donors (Lipinski definition) is 3. The highest BCUT2D eigenvalue weighted by atomic mass is 31.2. The van der Waals surface area contributed by atoms with E-state index in [0.29, 0.717) is 25.7 Å². The number of unbranched alkanes of at least 4 members (excludes halogenated alkanes) is 42. The Hall–Kier alpha value is -1.94. The lowest BCUT2D eigenvalue weighted by Gasteiger charge is -2.21. The first kappa shape index (κ1) is 98.1. The maximum Gasteiger partial charge on any atom is 0.472 e. The lowest BCUT2D eigenvalue weighted by atomic mass is 9.99. The molecule has 0 bridgehead atoms. The number of aliphatic hydroxyl groups excluding tert-OH is 1.